The summed E-state index contributed by atoms with van der Waals surface area (Å²) in [6, 6.07) is 0. The summed E-state index contributed by atoms with van der Waals surface area (Å²) < 4.78 is 31.2. The molecule has 0 spiro atoms. The standard InChI is InChI=1S/C14H22F2N4O2.ClH/c1-4-22-10-5-14(17,13(10,2)3)12(21)19-9-6-18-20(7-9)8-11(15)16;/h6-7,10-11H,4-5,8,17H2,1-3H3,(H,19,21);1H. The van der Waals surface area contributed by atoms with E-state index < -0.39 is 23.9 Å². The van der Waals surface area contributed by atoms with E-state index in [0.717, 1.165) is 4.68 Å². The van der Waals surface area contributed by atoms with Crippen molar-refractivity contribution in [3.63, 3.8) is 0 Å². The molecule has 132 valence electrons. The molecule has 3 N–H and O–H groups in total. The minimum absolute atomic E-state index is 0. The van der Waals surface area contributed by atoms with Crippen LogP contribution in [-0.2, 0) is 16.1 Å². The lowest BCUT2D eigenvalue weighted by atomic mass is 9.54. The van der Waals surface area contributed by atoms with Crippen LogP contribution in [0.1, 0.15) is 27.2 Å². The van der Waals surface area contributed by atoms with E-state index in [1.54, 1.807) is 0 Å². The molecule has 1 saturated carbocycles. The molecule has 1 aromatic heterocycles. The third-order valence-corrected chi connectivity index (χ3v) is 4.45. The van der Waals surface area contributed by atoms with Crippen LogP contribution in [-0.4, -0.2) is 40.4 Å². The molecule has 0 aromatic carbocycles. The van der Waals surface area contributed by atoms with Crippen molar-refractivity contribution in [2.75, 3.05) is 11.9 Å². The first-order chi connectivity index (χ1) is 10.2. The van der Waals surface area contributed by atoms with Gasteiger partial charge in [0.1, 0.15) is 12.1 Å². The number of alkyl halides is 2. The zero-order valence-corrected chi connectivity index (χ0v) is 14.2. The highest BCUT2D eigenvalue weighted by molar-refractivity contribution is 5.99. The van der Waals surface area contributed by atoms with Crippen LogP contribution in [0.15, 0.2) is 12.4 Å². The summed E-state index contributed by atoms with van der Waals surface area (Å²) in [6.07, 6.45) is 0.538. The molecule has 1 aliphatic carbocycles. The van der Waals surface area contributed by atoms with Crippen molar-refractivity contribution in [2.45, 2.75) is 51.8 Å². The second-order valence-electron chi connectivity index (χ2n) is 6.14. The lowest BCUT2D eigenvalue weighted by Crippen LogP contribution is -2.74. The summed E-state index contributed by atoms with van der Waals surface area (Å²) in [5.41, 5.74) is 5.03. The summed E-state index contributed by atoms with van der Waals surface area (Å²) in [5.74, 6) is -0.356. The van der Waals surface area contributed by atoms with Crippen LogP contribution in [0, 0.1) is 5.41 Å². The summed E-state index contributed by atoms with van der Waals surface area (Å²) in [5, 5.41) is 6.42. The average molecular weight is 353 g/mol. The molecule has 0 aliphatic heterocycles. The topological polar surface area (TPSA) is 82.2 Å². The first kappa shape index (κ1) is 19.8. The predicted molar refractivity (Wildman–Crippen MR) is 84.8 cm³/mol. The lowest BCUT2D eigenvalue weighted by Gasteiger charge is -2.57. The average Bonchev–Trinajstić information content (AvgIpc) is 2.84. The molecule has 2 rings (SSSR count). The van der Waals surface area contributed by atoms with Crippen LogP contribution in [0.25, 0.3) is 0 Å². The molecule has 0 saturated heterocycles. The van der Waals surface area contributed by atoms with Crippen molar-refractivity contribution in [3.05, 3.63) is 12.4 Å². The van der Waals surface area contributed by atoms with Crippen LogP contribution in [0.2, 0.25) is 0 Å². The molecule has 1 aliphatic rings. The molecule has 2 atom stereocenters. The minimum atomic E-state index is -2.50. The van der Waals surface area contributed by atoms with Gasteiger partial charge in [0.15, 0.2) is 0 Å². The fraction of sp³-hybridized carbons (Fsp3) is 0.714. The number of halogens is 3. The maximum atomic E-state index is 12.4. The Morgan fingerprint density at radius 2 is 2.26 bits per heavy atom. The van der Waals surface area contributed by atoms with Crippen molar-refractivity contribution in [3.8, 4) is 0 Å². The van der Waals surface area contributed by atoms with Crippen molar-refractivity contribution < 1.29 is 18.3 Å². The first-order valence-corrected chi connectivity index (χ1v) is 7.23. The van der Waals surface area contributed by atoms with Crippen LogP contribution in [0.5, 0.6) is 0 Å². The molecular formula is C14H23ClF2N4O2. The van der Waals surface area contributed by atoms with Crippen LogP contribution < -0.4 is 11.1 Å². The summed E-state index contributed by atoms with van der Waals surface area (Å²) in [6.45, 7) is 5.71. The van der Waals surface area contributed by atoms with Gasteiger partial charge >= 0.3 is 0 Å². The highest BCUT2D eigenvalue weighted by Crippen LogP contribution is 2.50. The Kier molecular flexibility index (Phi) is 6.12. The number of nitrogens with two attached hydrogens (primary N) is 1. The summed E-state index contributed by atoms with van der Waals surface area (Å²) in [7, 11) is 0. The molecule has 0 bridgehead atoms. The number of ether oxygens (including phenoxy) is 1. The van der Waals surface area contributed by atoms with Crippen LogP contribution >= 0.6 is 12.4 Å². The fourth-order valence-corrected chi connectivity index (χ4v) is 2.73. The zero-order valence-electron chi connectivity index (χ0n) is 13.4. The Bertz CT molecular complexity index is 553. The fourth-order valence-electron chi connectivity index (χ4n) is 2.73. The lowest BCUT2D eigenvalue weighted by molar-refractivity contribution is -0.166. The van der Waals surface area contributed by atoms with Gasteiger partial charge in [-0.05, 0) is 6.92 Å². The number of rotatable bonds is 6. The van der Waals surface area contributed by atoms with Gasteiger partial charge < -0.3 is 15.8 Å². The van der Waals surface area contributed by atoms with Crippen molar-refractivity contribution in [2.24, 2.45) is 11.1 Å². The molecule has 9 heteroatoms. The SMILES string of the molecule is CCOC1CC(N)(C(=O)Nc2cnn(CC(F)F)c2)C1(C)C.Cl. The molecule has 1 heterocycles. The van der Waals surface area contributed by atoms with E-state index in [-0.39, 0.29) is 24.4 Å². The number of nitrogens with one attached hydrogen (secondary N) is 1. The second-order valence-corrected chi connectivity index (χ2v) is 6.14. The van der Waals surface area contributed by atoms with Crippen molar-refractivity contribution in [1.82, 2.24) is 9.78 Å². The van der Waals surface area contributed by atoms with Gasteiger partial charge in [-0.2, -0.15) is 5.10 Å². The molecule has 23 heavy (non-hydrogen) atoms. The number of hydrogen-bond acceptors (Lipinski definition) is 4. The monoisotopic (exact) mass is 352 g/mol. The Labute approximate surface area is 140 Å². The van der Waals surface area contributed by atoms with Gasteiger partial charge in [0, 0.05) is 24.6 Å². The number of carbonyl (C=O) groups excluding carboxylic acids is 1. The summed E-state index contributed by atoms with van der Waals surface area (Å²) in [4.78, 5) is 12.4. The zero-order chi connectivity index (χ0) is 16.5. The Morgan fingerprint density at radius 3 is 2.78 bits per heavy atom. The maximum Gasteiger partial charge on any atom is 0.257 e. The molecule has 0 radical (unpaired) electrons. The van der Waals surface area contributed by atoms with Gasteiger partial charge in [0.05, 0.1) is 18.0 Å². The highest BCUT2D eigenvalue weighted by atomic mass is 35.5. The minimum Gasteiger partial charge on any atom is -0.378 e. The van der Waals surface area contributed by atoms with Crippen molar-refractivity contribution >= 4 is 24.0 Å². The maximum absolute atomic E-state index is 12.4. The normalized spacial score (nSPS) is 25.6. The van der Waals surface area contributed by atoms with E-state index in [2.05, 4.69) is 10.4 Å². The number of aromatic nitrogens is 2. The van der Waals surface area contributed by atoms with E-state index in [0.29, 0.717) is 18.7 Å². The summed E-state index contributed by atoms with van der Waals surface area (Å²) >= 11 is 0. The second kappa shape index (κ2) is 7.11. The van der Waals surface area contributed by atoms with Crippen molar-refractivity contribution in [1.29, 1.82) is 0 Å². The van der Waals surface area contributed by atoms with Gasteiger partial charge in [0.25, 0.3) is 6.43 Å². The van der Waals surface area contributed by atoms with Gasteiger partial charge in [0.2, 0.25) is 5.91 Å². The molecule has 1 aromatic rings. The van der Waals surface area contributed by atoms with Gasteiger partial charge in [-0.1, -0.05) is 13.8 Å². The van der Waals surface area contributed by atoms with E-state index in [9.17, 15) is 13.6 Å². The van der Waals surface area contributed by atoms with Gasteiger partial charge in [-0.25, -0.2) is 8.78 Å². The van der Waals surface area contributed by atoms with E-state index in [1.807, 2.05) is 20.8 Å². The third-order valence-electron chi connectivity index (χ3n) is 4.45. The highest BCUT2D eigenvalue weighted by Gasteiger charge is 2.62. The van der Waals surface area contributed by atoms with E-state index in [1.165, 1.54) is 12.4 Å². The number of carbonyl (C=O) groups is 1. The van der Waals surface area contributed by atoms with Crippen LogP contribution in [0.4, 0.5) is 14.5 Å². The number of hydrogen-bond donors (Lipinski definition) is 2. The van der Waals surface area contributed by atoms with Gasteiger partial charge in [-0.3, -0.25) is 9.48 Å². The third kappa shape index (κ3) is 3.64. The Balaban J connectivity index is 0.00000264. The smallest absolute Gasteiger partial charge is 0.257 e. The molecule has 1 fully saturated rings. The van der Waals surface area contributed by atoms with Crippen LogP contribution in [0.3, 0.4) is 0 Å². The van der Waals surface area contributed by atoms with E-state index >= 15 is 0 Å². The number of nitrogens with zero attached hydrogens (tertiary/aromatic N) is 2. The quantitative estimate of drug-likeness (QED) is 0.820. The van der Waals surface area contributed by atoms with Gasteiger partial charge in [-0.15, -0.1) is 12.4 Å². The Hall–Kier alpha value is -1.25. The number of anilines is 1. The molecular weight excluding hydrogens is 330 g/mol. The molecule has 1 amide bonds. The molecule has 2 unspecified atom stereocenters. The predicted octanol–water partition coefficient (Wildman–Crippen LogP) is 2.04. The molecule has 6 nitrogen and oxygen atoms in total. The Morgan fingerprint density at radius 1 is 1.61 bits per heavy atom. The largest absolute Gasteiger partial charge is 0.378 e. The number of amides is 1. The first-order valence-electron chi connectivity index (χ1n) is 7.23. The van der Waals surface area contributed by atoms with E-state index in [4.69, 9.17) is 10.5 Å².